The standard InChI is InChI=1S/C17H22N4O3S/c1-11-3-4-14(9-12(11)2)25(23,24)21-7-5-13(6-8-21)15-10-16(17(18)22)20-19-15/h3-4,9-10,13H,5-8H2,1-2H3,(H2,18,22)(H,19,20). The molecule has 0 atom stereocenters. The Morgan fingerprint density at radius 2 is 1.88 bits per heavy atom. The second-order valence-electron chi connectivity index (χ2n) is 6.50. The molecule has 0 aliphatic carbocycles. The molecule has 2 heterocycles. The van der Waals surface area contributed by atoms with Crippen molar-refractivity contribution in [2.75, 3.05) is 13.1 Å². The van der Waals surface area contributed by atoms with E-state index in [1.165, 1.54) is 4.31 Å². The largest absolute Gasteiger partial charge is 0.364 e. The lowest BCUT2D eigenvalue weighted by molar-refractivity contribution is 0.0995. The van der Waals surface area contributed by atoms with Crippen LogP contribution in [0.4, 0.5) is 0 Å². The molecule has 134 valence electrons. The molecular weight excluding hydrogens is 340 g/mol. The van der Waals surface area contributed by atoms with E-state index in [2.05, 4.69) is 10.2 Å². The Labute approximate surface area is 147 Å². The minimum Gasteiger partial charge on any atom is -0.364 e. The first-order valence-electron chi connectivity index (χ1n) is 8.21. The number of nitrogens with one attached hydrogen (secondary N) is 1. The van der Waals surface area contributed by atoms with Crippen molar-refractivity contribution >= 4 is 15.9 Å². The molecule has 1 amide bonds. The molecule has 8 heteroatoms. The van der Waals surface area contributed by atoms with Gasteiger partial charge < -0.3 is 5.73 Å². The lowest BCUT2D eigenvalue weighted by Gasteiger charge is -2.30. The third-order valence-corrected chi connectivity index (χ3v) is 6.75. The Bertz CT molecular complexity index is 896. The summed E-state index contributed by atoms with van der Waals surface area (Å²) in [4.78, 5) is 11.5. The van der Waals surface area contributed by atoms with E-state index in [9.17, 15) is 13.2 Å². The van der Waals surface area contributed by atoms with E-state index in [4.69, 9.17) is 5.73 Å². The van der Waals surface area contributed by atoms with Crippen molar-refractivity contribution in [2.45, 2.75) is 37.5 Å². The van der Waals surface area contributed by atoms with Gasteiger partial charge in [-0.1, -0.05) is 6.07 Å². The first-order chi connectivity index (χ1) is 11.8. The molecule has 1 aromatic carbocycles. The number of sulfonamides is 1. The summed E-state index contributed by atoms with van der Waals surface area (Å²) < 4.78 is 27.2. The first kappa shape index (κ1) is 17.6. The topological polar surface area (TPSA) is 109 Å². The molecule has 7 nitrogen and oxygen atoms in total. The van der Waals surface area contributed by atoms with Crippen molar-refractivity contribution in [1.82, 2.24) is 14.5 Å². The van der Waals surface area contributed by atoms with Gasteiger partial charge in [0.2, 0.25) is 10.0 Å². The lowest BCUT2D eigenvalue weighted by atomic mass is 9.94. The van der Waals surface area contributed by atoms with Crippen LogP contribution < -0.4 is 5.73 Å². The number of carbonyl (C=O) groups is 1. The number of piperidine rings is 1. The van der Waals surface area contributed by atoms with Gasteiger partial charge in [0.15, 0.2) is 0 Å². The van der Waals surface area contributed by atoms with Gasteiger partial charge in [-0.2, -0.15) is 9.40 Å². The number of benzene rings is 1. The monoisotopic (exact) mass is 362 g/mol. The summed E-state index contributed by atoms with van der Waals surface area (Å²) in [6, 6.07) is 6.88. The second-order valence-corrected chi connectivity index (χ2v) is 8.44. The molecule has 0 unspecified atom stereocenters. The molecule has 1 aliphatic rings. The molecule has 3 rings (SSSR count). The van der Waals surface area contributed by atoms with Crippen LogP contribution >= 0.6 is 0 Å². The third kappa shape index (κ3) is 3.45. The van der Waals surface area contributed by atoms with Crippen LogP contribution in [0.5, 0.6) is 0 Å². The van der Waals surface area contributed by atoms with Gasteiger partial charge in [-0.25, -0.2) is 8.42 Å². The fourth-order valence-corrected chi connectivity index (χ4v) is 4.66. The molecule has 0 saturated carbocycles. The van der Waals surface area contributed by atoms with Gasteiger partial charge >= 0.3 is 0 Å². The van der Waals surface area contributed by atoms with Crippen molar-refractivity contribution in [2.24, 2.45) is 5.73 Å². The Kier molecular flexibility index (Phi) is 4.66. The molecule has 2 aromatic rings. The number of hydrogen-bond acceptors (Lipinski definition) is 4. The molecule has 1 saturated heterocycles. The molecule has 1 aromatic heterocycles. The van der Waals surface area contributed by atoms with Gasteiger partial charge in [-0.05, 0) is 56.0 Å². The van der Waals surface area contributed by atoms with Gasteiger partial charge in [0.25, 0.3) is 5.91 Å². The normalized spacial score (nSPS) is 16.9. The van der Waals surface area contributed by atoms with Gasteiger partial charge in [0.1, 0.15) is 5.69 Å². The van der Waals surface area contributed by atoms with E-state index in [0.717, 1.165) is 16.8 Å². The first-order valence-corrected chi connectivity index (χ1v) is 9.65. The average molecular weight is 362 g/mol. The summed E-state index contributed by atoms with van der Waals surface area (Å²) in [6.45, 7) is 4.74. The summed E-state index contributed by atoms with van der Waals surface area (Å²) in [5.41, 5.74) is 8.29. The fraction of sp³-hybridized carbons (Fsp3) is 0.412. The van der Waals surface area contributed by atoms with Gasteiger partial charge in [0.05, 0.1) is 4.90 Å². The Balaban J connectivity index is 1.72. The van der Waals surface area contributed by atoms with E-state index in [0.29, 0.717) is 30.8 Å². The number of carbonyl (C=O) groups excluding carboxylic acids is 1. The van der Waals surface area contributed by atoms with Crippen LogP contribution in [0.3, 0.4) is 0 Å². The van der Waals surface area contributed by atoms with Crippen LogP contribution in [0.15, 0.2) is 29.2 Å². The number of hydrogen-bond donors (Lipinski definition) is 2. The maximum absolute atomic E-state index is 12.8. The molecule has 0 bridgehead atoms. The Morgan fingerprint density at radius 3 is 2.44 bits per heavy atom. The van der Waals surface area contributed by atoms with E-state index >= 15 is 0 Å². The number of rotatable bonds is 4. The van der Waals surface area contributed by atoms with Crippen LogP contribution in [0.2, 0.25) is 0 Å². The second kappa shape index (κ2) is 6.61. The van der Waals surface area contributed by atoms with Crippen molar-refractivity contribution in [3.05, 3.63) is 46.8 Å². The van der Waals surface area contributed by atoms with Crippen LogP contribution in [-0.4, -0.2) is 41.9 Å². The van der Waals surface area contributed by atoms with E-state index in [1.54, 1.807) is 18.2 Å². The summed E-state index contributed by atoms with van der Waals surface area (Å²) in [6.07, 6.45) is 1.34. The highest BCUT2D eigenvalue weighted by atomic mass is 32.2. The van der Waals surface area contributed by atoms with Crippen molar-refractivity contribution in [3.8, 4) is 0 Å². The van der Waals surface area contributed by atoms with E-state index in [1.807, 2.05) is 19.9 Å². The highest BCUT2D eigenvalue weighted by molar-refractivity contribution is 7.89. The molecule has 3 N–H and O–H groups in total. The zero-order valence-electron chi connectivity index (χ0n) is 14.3. The average Bonchev–Trinajstić information content (AvgIpc) is 3.08. The van der Waals surface area contributed by atoms with Crippen LogP contribution in [-0.2, 0) is 10.0 Å². The smallest absolute Gasteiger partial charge is 0.269 e. The molecule has 0 spiro atoms. The van der Waals surface area contributed by atoms with E-state index in [-0.39, 0.29) is 11.6 Å². The number of aromatic amines is 1. The molecule has 0 radical (unpaired) electrons. The number of nitrogens with zero attached hydrogens (tertiary/aromatic N) is 2. The SMILES string of the molecule is Cc1ccc(S(=O)(=O)N2CCC(c3cc(C(N)=O)n[nH]3)CC2)cc1C. The summed E-state index contributed by atoms with van der Waals surface area (Å²) >= 11 is 0. The zero-order chi connectivity index (χ0) is 18.2. The van der Waals surface area contributed by atoms with Crippen molar-refractivity contribution in [3.63, 3.8) is 0 Å². The molecule has 1 aliphatic heterocycles. The van der Waals surface area contributed by atoms with Crippen molar-refractivity contribution < 1.29 is 13.2 Å². The molecule has 25 heavy (non-hydrogen) atoms. The summed E-state index contributed by atoms with van der Waals surface area (Å²) in [5, 5.41) is 6.73. The number of aromatic nitrogens is 2. The van der Waals surface area contributed by atoms with Gasteiger partial charge in [-0.3, -0.25) is 9.89 Å². The maximum Gasteiger partial charge on any atom is 0.269 e. The lowest BCUT2D eigenvalue weighted by Crippen LogP contribution is -2.38. The maximum atomic E-state index is 12.8. The number of H-pyrrole nitrogens is 1. The minimum absolute atomic E-state index is 0.145. The van der Waals surface area contributed by atoms with E-state index < -0.39 is 15.9 Å². The fourth-order valence-electron chi connectivity index (χ4n) is 3.10. The number of amides is 1. The van der Waals surface area contributed by atoms with Crippen molar-refractivity contribution in [1.29, 1.82) is 0 Å². The molecular formula is C17H22N4O3S. The minimum atomic E-state index is -3.48. The Morgan fingerprint density at radius 1 is 1.20 bits per heavy atom. The molecule has 1 fully saturated rings. The number of primary amides is 1. The number of nitrogens with two attached hydrogens (primary N) is 1. The Hall–Kier alpha value is -2.19. The van der Waals surface area contributed by atoms with Crippen LogP contribution in [0.1, 0.15) is 46.1 Å². The number of aryl methyl sites for hydroxylation is 2. The summed E-state index contributed by atoms with van der Waals surface area (Å²) in [5.74, 6) is -0.427. The highest BCUT2D eigenvalue weighted by Gasteiger charge is 2.31. The summed E-state index contributed by atoms with van der Waals surface area (Å²) in [7, 11) is -3.48. The van der Waals surface area contributed by atoms with Gasteiger partial charge in [0, 0.05) is 24.7 Å². The third-order valence-electron chi connectivity index (χ3n) is 4.86. The predicted molar refractivity (Wildman–Crippen MR) is 93.8 cm³/mol. The van der Waals surface area contributed by atoms with Gasteiger partial charge in [-0.15, -0.1) is 0 Å². The quantitative estimate of drug-likeness (QED) is 0.862. The highest BCUT2D eigenvalue weighted by Crippen LogP contribution is 2.30. The zero-order valence-corrected chi connectivity index (χ0v) is 15.1. The van der Waals surface area contributed by atoms with Crippen LogP contribution in [0.25, 0.3) is 0 Å². The van der Waals surface area contributed by atoms with Crippen LogP contribution in [0, 0.1) is 13.8 Å². The predicted octanol–water partition coefficient (Wildman–Crippen LogP) is 1.69.